The monoisotopic (exact) mass is 301 g/mol. The van der Waals surface area contributed by atoms with Crippen molar-refractivity contribution >= 4 is 0 Å². The maximum absolute atomic E-state index is 9.49. The molecule has 0 fully saturated rings. The minimum atomic E-state index is -0.749. The molecular weight excluding hydrogens is 258 g/mol. The molecule has 21 heavy (non-hydrogen) atoms. The van der Waals surface area contributed by atoms with Crippen LogP contribution in [0.2, 0.25) is 0 Å². The van der Waals surface area contributed by atoms with E-state index in [1.165, 1.54) is 6.08 Å². The first-order valence-electron chi connectivity index (χ1n) is 6.02. The average Bonchev–Trinajstić information content (AvgIpc) is 2.50. The normalized spacial score (nSPS) is 9.10. The van der Waals surface area contributed by atoms with Gasteiger partial charge in [-0.3, -0.25) is 0 Å². The van der Waals surface area contributed by atoms with Crippen molar-refractivity contribution in [2.75, 3.05) is 0 Å². The van der Waals surface area contributed by atoms with Gasteiger partial charge in [0.05, 0.1) is 6.10 Å². The molecule has 0 aromatic heterocycles. The van der Waals surface area contributed by atoms with E-state index in [1.807, 2.05) is 6.92 Å². The van der Waals surface area contributed by atoms with Crippen LogP contribution < -0.4 is 5.73 Å². The smallest absolute Gasteiger partial charge is 0.0951 e. The molecule has 2 nitrogen and oxygen atoms in total. The van der Waals surface area contributed by atoms with Gasteiger partial charge in [-0.2, -0.15) is 0 Å². The van der Waals surface area contributed by atoms with Gasteiger partial charge in [-0.05, 0) is 82.1 Å². The number of aliphatic hydroxyl groups is 1. The maximum atomic E-state index is 9.49. The summed E-state index contributed by atoms with van der Waals surface area (Å²) < 4.78 is 0. The third-order valence-corrected chi connectivity index (χ3v) is 1.95. The lowest BCUT2D eigenvalue weighted by atomic mass is 10.1. The zero-order valence-corrected chi connectivity index (χ0v) is 11.7. The Morgan fingerprint density at radius 1 is 0.952 bits per heavy atom. The molecule has 2 heteroatoms. The van der Waals surface area contributed by atoms with Crippen LogP contribution in [0, 0.1) is 0 Å². The average molecular weight is 302 g/mol. The van der Waals surface area contributed by atoms with Gasteiger partial charge >= 0.3 is 0 Å². The van der Waals surface area contributed by atoms with E-state index in [4.69, 9.17) is 5.73 Å². The third kappa shape index (κ3) is 11.6. The van der Waals surface area contributed by atoms with Crippen molar-refractivity contribution < 1.29 is 26.5 Å². The van der Waals surface area contributed by atoms with Gasteiger partial charge in [-0.25, -0.2) is 0 Å². The lowest BCUT2D eigenvalue weighted by Gasteiger charge is -2.10. The quantitative estimate of drug-likeness (QED) is 0.630. The first-order chi connectivity index (χ1) is 10.2. The first kappa shape index (κ1) is 17.8. The van der Waals surface area contributed by atoms with E-state index in [2.05, 4.69) is 81.1 Å². The highest BCUT2D eigenvalue weighted by Crippen LogP contribution is 1.94. The van der Waals surface area contributed by atoms with Gasteiger partial charge in [0.1, 0.15) is 0 Å². The molecule has 0 amide bonds. The van der Waals surface area contributed by atoms with Crippen LogP contribution in [0.3, 0.4) is 0 Å². The van der Waals surface area contributed by atoms with E-state index in [0.717, 1.165) is 0 Å². The lowest BCUT2D eigenvalue weighted by molar-refractivity contribution is 0.189. The molecule has 0 aromatic rings. The fourth-order valence-electron chi connectivity index (χ4n) is 0.854. The van der Waals surface area contributed by atoms with E-state index >= 15 is 0 Å². The van der Waals surface area contributed by atoms with Crippen molar-refractivity contribution in [3.05, 3.63) is 87.2 Å². The predicted octanol–water partition coefficient (Wildman–Crippen LogP) is 5.98. The Balaban J connectivity index is -0.0000000190. The Kier molecular flexibility index (Phi) is 11.2. The van der Waals surface area contributed by atoms with Crippen LogP contribution in [0.5, 0.6) is 0 Å². The van der Waals surface area contributed by atoms with Crippen LogP contribution in [-0.4, -0.2) is 17.3 Å². The molecule has 0 bridgehead atoms. The topological polar surface area (TPSA) is 46.2 Å². The van der Waals surface area contributed by atoms with Crippen molar-refractivity contribution in [1.82, 2.24) is 0 Å². The molecule has 2 atom stereocenters. The number of hydrogen-bond acceptors (Lipinski definition) is 2. The molecule has 0 heterocycles. The Labute approximate surface area is 146 Å². The standard InChI is InChI=1S/C19H13NO.15H2/c1-3-5-6-7-8-9-10-11-12-13-14-15-16-17-19(21)18(20)4-2;;;;;;;;;;;;;;;/h17-19,21H,1,4,20H2,2H3;15*1H/t18-,19+;;;;;;;;;;;;;;;/m0.............../s1. The fourth-order valence-corrected chi connectivity index (χ4v) is 0.854. The number of aliphatic hydroxyl groups excluding tert-OH is 1. The molecule has 130 valence electrons. The second-order valence-corrected chi connectivity index (χ2v) is 3.43. The van der Waals surface area contributed by atoms with E-state index < -0.39 is 6.10 Å². The van der Waals surface area contributed by atoms with Crippen molar-refractivity contribution in [2.24, 2.45) is 5.73 Å². The summed E-state index contributed by atoms with van der Waals surface area (Å²) in [6.45, 7) is 5.19. The zero-order valence-electron chi connectivity index (χ0n) is 11.7. The van der Waals surface area contributed by atoms with Crippen LogP contribution >= 0.6 is 0 Å². The number of nitrogens with two attached hydrogens (primary N) is 1. The summed E-state index contributed by atoms with van der Waals surface area (Å²) in [5.41, 5.74) is 38.0. The summed E-state index contributed by atoms with van der Waals surface area (Å²) in [4.78, 5) is 0. The Morgan fingerprint density at radius 2 is 1.38 bits per heavy atom. The Bertz CT molecular complexity index is 875. The van der Waals surface area contributed by atoms with Gasteiger partial charge in [0.15, 0.2) is 0 Å². The van der Waals surface area contributed by atoms with Gasteiger partial charge in [0.2, 0.25) is 0 Å². The summed E-state index contributed by atoms with van der Waals surface area (Å²) in [5, 5.41) is 9.49. The van der Waals surface area contributed by atoms with Gasteiger partial charge in [-0.1, -0.05) is 18.4 Å². The SMILES string of the molecule is C=C=C=C=C=C=C=C=C=C=C=C=C=C=C[C@@H](O)[C@@H](N)CC.[HH].[HH].[HH].[HH].[HH].[HH].[HH].[HH].[HH].[HH].[HH].[HH].[HH].[HH].[HH]. The summed E-state index contributed by atoms with van der Waals surface area (Å²) in [7, 11) is 0. The second-order valence-electron chi connectivity index (χ2n) is 3.43. The largest absolute Gasteiger partial charge is 0.387 e. The molecule has 0 saturated carbocycles. The molecule has 0 aliphatic heterocycles. The maximum Gasteiger partial charge on any atom is 0.0951 e. The van der Waals surface area contributed by atoms with Crippen molar-refractivity contribution in [1.29, 1.82) is 0 Å². The van der Waals surface area contributed by atoms with Gasteiger partial charge in [0.25, 0.3) is 0 Å². The molecule has 0 spiro atoms. The summed E-state index contributed by atoms with van der Waals surface area (Å²) in [6.07, 6.45) is 1.34. The predicted molar refractivity (Wildman–Crippen MR) is 112 cm³/mol. The van der Waals surface area contributed by atoms with Gasteiger partial charge in [0, 0.05) is 27.4 Å². The first-order valence-corrected chi connectivity index (χ1v) is 6.02. The van der Waals surface area contributed by atoms with Gasteiger partial charge < -0.3 is 10.8 Å². The Morgan fingerprint density at radius 3 is 1.81 bits per heavy atom. The lowest BCUT2D eigenvalue weighted by Crippen LogP contribution is -2.31. The molecule has 0 radical (unpaired) electrons. The molecule has 0 rings (SSSR count). The number of rotatable bonds is 3. The Hall–Kier alpha value is -3.20. The zero-order chi connectivity index (χ0) is 15.8. The van der Waals surface area contributed by atoms with Crippen LogP contribution in [0.25, 0.3) is 0 Å². The second kappa shape index (κ2) is 13.2. The minimum Gasteiger partial charge on any atom is -0.387 e. The van der Waals surface area contributed by atoms with Crippen molar-refractivity contribution in [3.8, 4) is 0 Å². The van der Waals surface area contributed by atoms with Crippen LogP contribution in [0.15, 0.2) is 87.2 Å². The summed E-state index contributed by atoms with van der Waals surface area (Å²) >= 11 is 0. The minimum absolute atomic E-state index is 0. The van der Waals surface area contributed by atoms with Crippen molar-refractivity contribution in [2.45, 2.75) is 25.5 Å². The summed E-state index contributed by atoms with van der Waals surface area (Å²) in [5.74, 6) is 0. The molecule has 3 N–H and O–H groups in total. The van der Waals surface area contributed by atoms with E-state index in [0.29, 0.717) is 6.42 Å². The van der Waals surface area contributed by atoms with Crippen LogP contribution in [-0.2, 0) is 0 Å². The van der Waals surface area contributed by atoms with Gasteiger partial charge in [-0.15, -0.1) is 0 Å². The van der Waals surface area contributed by atoms with Crippen LogP contribution in [0.4, 0.5) is 0 Å². The molecule has 0 aliphatic carbocycles. The molecule has 0 saturated heterocycles. The molecule has 0 aromatic carbocycles. The van der Waals surface area contributed by atoms with E-state index in [-0.39, 0.29) is 27.4 Å². The highest BCUT2D eigenvalue weighted by Gasteiger charge is 2.07. The highest BCUT2D eigenvalue weighted by molar-refractivity contribution is 4.95. The van der Waals surface area contributed by atoms with Crippen molar-refractivity contribution in [3.63, 3.8) is 0 Å². The highest BCUT2D eigenvalue weighted by atomic mass is 16.3. The fraction of sp³-hybridized carbons (Fsp3) is 0.211. The van der Waals surface area contributed by atoms with E-state index in [9.17, 15) is 5.11 Å². The molecular formula is C19H43NO. The summed E-state index contributed by atoms with van der Waals surface area (Å²) in [6, 6.07) is -0.308. The van der Waals surface area contributed by atoms with Crippen LogP contribution in [0.1, 0.15) is 34.7 Å². The molecule has 0 aliphatic rings. The van der Waals surface area contributed by atoms with E-state index in [1.54, 1.807) is 0 Å². The molecule has 0 unspecified atom stereocenters. The third-order valence-electron chi connectivity index (χ3n) is 1.95. The number of hydrogen-bond donors (Lipinski definition) is 2.